The summed E-state index contributed by atoms with van der Waals surface area (Å²) in [7, 11) is -0.0489. The third kappa shape index (κ3) is 3.54. The number of likely N-dealkylation sites (N-methyl/N-ethyl adjacent to an activating group) is 1. The van der Waals surface area contributed by atoms with Gasteiger partial charge in [0, 0.05) is 6.04 Å². The van der Waals surface area contributed by atoms with E-state index in [9.17, 15) is 8.42 Å². The minimum atomic E-state index is -3.39. The van der Waals surface area contributed by atoms with Crippen LogP contribution in [-0.2, 0) is 16.4 Å². The fourth-order valence-corrected chi connectivity index (χ4v) is 2.93. The molecular formula is C13H22N2O2S. The van der Waals surface area contributed by atoms with Crippen LogP contribution in [0.2, 0.25) is 0 Å². The van der Waals surface area contributed by atoms with Crippen LogP contribution >= 0.6 is 0 Å². The van der Waals surface area contributed by atoms with E-state index in [0.29, 0.717) is 17.2 Å². The Morgan fingerprint density at radius 3 is 2.28 bits per heavy atom. The Morgan fingerprint density at radius 1 is 1.17 bits per heavy atom. The molecule has 1 aromatic carbocycles. The fourth-order valence-electron chi connectivity index (χ4n) is 1.95. The molecule has 0 aromatic heterocycles. The summed E-state index contributed by atoms with van der Waals surface area (Å²) in [5, 5.41) is 3.23. The van der Waals surface area contributed by atoms with Gasteiger partial charge in [0.2, 0.25) is 10.0 Å². The molecular weight excluding hydrogens is 248 g/mol. The second kappa shape index (κ2) is 6.31. The van der Waals surface area contributed by atoms with Gasteiger partial charge in [-0.2, -0.15) is 0 Å². The number of hydrogen-bond acceptors (Lipinski definition) is 3. The maximum atomic E-state index is 11.9. The van der Waals surface area contributed by atoms with Crippen LogP contribution < -0.4 is 10.0 Å². The first kappa shape index (κ1) is 15.1. The molecule has 18 heavy (non-hydrogen) atoms. The zero-order valence-electron chi connectivity index (χ0n) is 11.4. The molecule has 0 heterocycles. The van der Waals surface area contributed by atoms with E-state index in [1.165, 1.54) is 7.05 Å². The van der Waals surface area contributed by atoms with Crippen molar-refractivity contribution in [3.05, 3.63) is 29.8 Å². The zero-order chi connectivity index (χ0) is 13.8. The van der Waals surface area contributed by atoms with Gasteiger partial charge in [-0.25, -0.2) is 13.1 Å². The average Bonchev–Trinajstić information content (AvgIpc) is 2.35. The van der Waals surface area contributed by atoms with Gasteiger partial charge in [0.05, 0.1) is 4.90 Å². The average molecular weight is 270 g/mol. The van der Waals surface area contributed by atoms with Gasteiger partial charge >= 0.3 is 0 Å². The Morgan fingerprint density at radius 2 is 1.78 bits per heavy atom. The lowest BCUT2D eigenvalue weighted by atomic mass is 9.97. The molecule has 0 saturated carbocycles. The first-order valence-corrected chi connectivity index (χ1v) is 7.59. The molecule has 0 aliphatic heterocycles. The lowest BCUT2D eigenvalue weighted by Crippen LogP contribution is -2.33. The summed E-state index contributed by atoms with van der Waals surface area (Å²) in [5.41, 5.74) is 0.847. The van der Waals surface area contributed by atoms with Crippen molar-refractivity contribution in [2.75, 3.05) is 14.1 Å². The van der Waals surface area contributed by atoms with Gasteiger partial charge in [-0.15, -0.1) is 0 Å². The minimum absolute atomic E-state index is 0.262. The smallest absolute Gasteiger partial charge is 0.240 e. The normalized spacial score (nSPS) is 13.8. The predicted octanol–water partition coefficient (Wildman–Crippen LogP) is 1.38. The summed E-state index contributed by atoms with van der Waals surface area (Å²) in [5.74, 6) is 0.445. The molecule has 1 aromatic rings. The van der Waals surface area contributed by atoms with Gasteiger partial charge < -0.3 is 5.32 Å². The predicted molar refractivity (Wildman–Crippen MR) is 74.1 cm³/mol. The van der Waals surface area contributed by atoms with E-state index >= 15 is 0 Å². The van der Waals surface area contributed by atoms with Crippen LogP contribution in [0.3, 0.4) is 0 Å². The lowest BCUT2D eigenvalue weighted by Gasteiger charge is -2.21. The second-order valence-corrected chi connectivity index (χ2v) is 6.51. The van der Waals surface area contributed by atoms with E-state index in [1.807, 2.05) is 19.2 Å². The van der Waals surface area contributed by atoms with Gasteiger partial charge in [-0.1, -0.05) is 32.0 Å². The van der Waals surface area contributed by atoms with Gasteiger partial charge in [-0.3, -0.25) is 0 Å². The summed E-state index contributed by atoms with van der Waals surface area (Å²) in [6.45, 7) is 4.24. The van der Waals surface area contributed by atoms with Gasteiger partial charge in [0.25, 0.3) is 0 Å². The Kier molecular flexibility index (Phi) is 5.31. The molecule has 0 radical (unpaired) electrons. The second-order valence-electron chi connectivity index (χ2n) is 4.66. The van der Waals surface area contributed by atoms with Crippen molar-refractivity contribution in [1.82, 2.24) is 10.0 Å². The molecule has 1 unspecified atom stereocenters. The molecule has 102 valence electrons. The van der Waals surface area contributed by atoms with E-state index < -0.39 is 10.0 Å². The summed E-state index contributed by atoms with van der Waals surface area (Å²) in [4.78, 5) is 0.369. The van der Waals surface area contributed by atoms with Crippen molar-refractivity contribution >= 4 is 10.0 Å². The number of sulfonamides is 1. The Bertz CT molecular complexity index is 484. The highest BCUT2D eigenvalue weighted by Gasteiger charge is 2.19. The van der Waals surface area contributed by atoms with Crippen molar-refractivity contribution in [1.29, 1.82) is 0 Å². The molecule has 0 spiro atoms. The van der Waals surface area contributed by atoms with Crippen molar-refractivity contribution in [2.24, 2.45) is 5.92 Å². The van der Waals surface area contributed by atoms with Crippen LogP contribution in [0.15, 0.2) is 29.2 Å². The molecule has 2 N–H and O–H groups in total. The van der Waals surface area contributed by atoms with Crippen molar-refractivity contribution in [3.8, 4) is 0 Å². The Labute approximate surface area is 110 Å². The first-order valence-electron chi connectivity index (χ1n) is 6.11. The maximum Gasteiger partial charge on any atom is 0.240 e. The Balaban J connectivity index is 3.11. The molecule has 0 bridgehead atoms. The highest BCUT2D eigenvalue weighted by atomic mass is 32.2. The number of hydrogen-bond donors (Lipinski definition) is 2. The van der Waals surface area contributed by atoms with Crippen molar-refractivity contribution < 1.29 is 8.42 Å². The number of nitrogens with one attached hydrogen (secondary N) is 2. The van der Waals surface area contributed by atoms with Crippen LogP contribution in [0.25, 0.3) is 0 Å². The van der Waals surface area contributed by atoms with Crippen molar-refractivity contribution in [2.45, 2.75) is 31.2 Å². The zero-order valence-corrected chi connectivity index (χ0v) is 12.2. The molecule has 5 heteroatoms. The summed E-state index contributed by atoms with van der Waals surface area (Å²) < 4.78 is 26.2. The monoisotopic (exact) mass is 270 g/mol. The largest absolute Gasteiger partial charge is 0.316 e. The summed E-state index contributed by atoms with van der Waals surface area (Å²) >= 11 is 0. The Hall–Kier alpha value is -0.910. The lowest BCUT2D eigenvalue weighted by molar-refractivity contribution is 0.422. The van der Waals surface area contributed by atoms with E-state index in [4.69, 9.17) is 0 Å². The van der Waals surface area contributed by atoms with E-state index in [0.717, 1.165) is 5.56 Å². The van der Waals surface area contributed by atoms with Gasteiger partial charge in [0.15, 0.2) is 0 Å². The first-order chi connectivity index (χ1) is 8.42. The van der Waals surface area contributed by atoms with E-state index in [2.05, 4.69) is 23.9 Å². The van der Waals surface area contributed by atoms with Crippen LogP contribution in [0.5, 0.6) is 0 Å². The molecule has 0 aliphatic carbocycles. The van der Waals surface area contributed by atoms with E-state index in [1.54, 1.807) is 12.1 Å². The van der Waals surface area contributed by atoms with E-state index in [-0.39, 0.29) is 6.04 Å². The number of rotatable bonds is 6. The summed E-state index contributed by atoms with van der Waals surface area (Å²) in [6, 6.07) is 7.40. The van der Waals surface area contributed by atoms with Gasteiger partial charge in [0.1, 0.15) is 0 Å². The maximum absolute atomic E-state index is 11.9. The quantitative estimate of drug-likeness (QED) is 0.821. The molecule has 0 amide bonds. The molecule has 4 nitrogen and oxygen atoms in total. The number of benzene rings is 1. The molecule has 0 aliphatic rings. The highest BCUT2D eigenvalue weighted by molar-refractivity contribution is 7.89. The van der Waals surface area contributed by atoms with Crippen LogP contribution in [-0.4, -0.2) is 28.6 Å². The van der Waals surface area contributed by atoms with Crippen LogP contribution in [0, 0.1) is 5.92 Å². The third-order valence-corrected chi connectivity index (χ3v) is 4.66. The molecule has 1 rings (SSSR count). The van der Waals surface area contributed by atoms with Crippen LogP contribution in [0.1, 0.15) is 19.4 Å². The standard InChI is InChI=1S/C13H22N2O2S/c1-10(2)12(14-3)9-11-7-5-6-8-13(11)18(16,17)15-4/h5-8,10,12,14-15H,9H2,1-4H3. The summed E-state index contributed by atoms with van der Waals surface area (Å²) in [6.07, 6.45) is 0.700. The van der Waals surface area contributed by atoms with Crippen molar-refractivity contribution in [3.63, 3.8) is 0 Å². The SMILES string of the molecule is CNC(Cc1ccccc1S(=O)(=O)NC)C(C)C. The molecule has 0 fully saturated rings. The fraction of sp³-hybridized carbons (Fsp3) is 0.538. The minimum Gasteiger partial charge on any atom is -0.316 e. The van der Waals surface area contributed by atoms with Crippen LogP contribution in [0.4, 0.5) is 0 Å². The third-order valence-electron chi connectivity index (χ3n) is 3.15. The molecule has 1 atom stereocenters. The molecule has 0 saturated heterocycles. The van der Waals surface area contributed by atoms with Gasteiger partial charge in [-0.05, 0) is 38.1 Å². The highest BCUT2D eigenvalue weighted by Crippen LogP contribution is 2.18. The topological polar surface area (TPSA) is 58.2 Å².